The number of hydrogen-bond acceptors (Lipinski definition) is 4. The third kappa shape index (κ3) is 10.6. The molecule has 1 aromatic rings. The van der Waals surface area contributed by atoms with Gasteiger partial charge in [0, 0.05) is 36.8 Å². The van der Waals surface area contributed by atoms with E-state index in [0.29, 0.717) is 30.6 Å². The lowest BCUT2D eigenvalue weighted by atomic mass is 10.1. The Morgan fingerprint density at radius 1 is 1.19 bits per heavy atom. The molecular weight excluding hydrogens is 375 g/mol. The van der Waals surface area contributed by atoms with Crippen molar-refractivity contribution in [3.05, 3.63) is 29.8 Å². The topological polar surface area (TPSA) is 87.5 Å². The molecule has 8 heteroatoms. The fraction of sp³-hybridized carbons (Fsp3) is 0.556. The average Bonchev–Trinajstić information content (AvgIpc) is 2.57. The Morgan fingerprint density at radius 2 is 1.85 bits per heavy atom. The molecule has 0 saturated carbocycles. The lowest BCUT2D eigenvalue weighted by molar-refractivity contribution is -0.116. The number of carbonyl (C=O) groups excluding carboxylic acids is 2. The first kappa shape index (κ1) is 26.9. The summed E-state index contributed by atoms with van der Waals surface area (Å²) in [5, 5.41) is 5.71. The number of likely N-dealkylation sites (N-methyl/N-ethyl adjacent to an activating group) is 1. The highest BCUT2D eigenvalue weighted by Gasteiger charge is 2.09. The molecule has 0 fully saturated rings. The van der Waals surface area contributed by atoms with Gasteiger partial charge in [-0.2, -0.15) is 0 Å². The SMILES string of the molecule is CCN(CC)CCNC(=O)c1cccc(NC(=O)CCC(C)N)c1.Cl.Cl. The Morgan fingerprint density at radius 3 is 2.42 bits per heavy atom. The van der Waals surface area contributed by atoms with Crippen LogP contribution in [0.25, 0.3) is 0 Å². The number of nitrogens with one attached hydrogen (secondary N) is 2. The van der Waals surface area contributed by atoms with Crippen LogP contribution in [0, 0.1) is 0 Å². The molecule has 1 atom stereocenters. The second-order valence-corrected chi connectivity index (χ2v) is 5.93. The molecule has 0 heterocycles. The minimum Gasteiger partial charge on any atom is -0.351 e. The number of nitrogens with two attached hydrogens (primary N) is 1. The molecule has 2 amide bonds. The summed E-state index contributed by atoms with van der Waals surface area (Å²) in [7, 11) is 0. The van der Waals surface area contributed by atoms with Crippen LogP contribution >= 0.6 is 24.8 Å². The van der Waals surface area contributed by atoms with E-state index in [1.807, 2.05) is 6.92 Å². The minimum absolute atomic E-state index is 0. The summed E-state index contributed by atoms with van der Waals surface area (Å²) in [6.07, 6.45) is 1.01. The predicted octanol–water partition coefficient (Wildman–Crippen LogP) is 2.67. The second-order valence-electron chi connectivity index (χ2n) is 5.93. The van der Waals surface area contributed by atoms with Crippen molar-refractivity contribution in [3.8, 4) is 0 Å². The van der Waals surface area contributed by atoms with Gasteiger partial charge in [-0.05, 0) is 44.6 Å². The Balaban J connectivity index is 0. The van der Waals surface area contributed by atoms with E-state index in [0.717, 1.165) is 19.6 Å². The van der Waals surface area contributed by atoms with Crippen LogP contribution in [0.3, 0.4) is 0 Å². The largest absolute Gasteiger partial charge is 0.351 e. The lowest BCUT2D eigenvalue weighted by Gasteiger charge is -2.18. The van der Waals surface area contributed by atoms with Crippen molar-refractivity contribution < 1.29 is 9.59 Å². The molecule has 0 radical (unpaired) electrons. The van der Waals surface area contributed by atoms with Gasteiger partial charge in [0.25, 0.3) is 5.91 Å². The van der Waals surface area contributed by atoms with Gasteiger partial charge in [-0.15, -0.1) is 24.8 Å². The molecule has 0 spiro atoms. The van der Waals surface area contributed by atoms with Gasteiger partial charge in [-0.25, -0.2) is 0 Å². The van der Waals surface area contributed by atoms with E-state index in [4.69, 9.17) is 5.73 Å². The highest BCUT2D eigenvalue weighted by atomic mass is 35.5. The zero-order valence-corrected chi connectivity index (χ0v) is 17.4. The monoisotopic (exact) mass is 406 g/mol. The number of rotatable bonds is 10. The number of benzene rings is 1. The third-order valence-electron chi connectivity index (χ3n) is 3.84. The summed E-state index contributed by atoms with van der Waals surface area (Å²) in [6, 6.07) is 6.97. The van der Waals surface area contributed by atoms with Gasteiger partial charge in [-0.3, -0.25) is 9.59 Å². The van der Waals surface area contributed by atoms with Gasteiger partial charge in [0.1, 0.15) is 0 Å². The van der Waals surface area contributed by atoms with Gasteiger partial charge in [0.2, 0.25) is 5.91 Å². The van der Waals surface area contributed by atoms with Crippen molar-refractivity contribution >= 4 is 42.3 Å². The summed E-state index contributed by atoms with van der Waals surface area (Å²) < 4.78 is 0. The summed E-state index contributed by atoms with van der Waals surface area (Å²) >= 11 is 0. The number of anilines is 1. The lowest BCUT2D eigenvalue weighted by Crippen LogP contribution is -2.34. The van der Waals surface area contributed by atoms with Crippen LogP contribution in [0.4, 0.5) is 5.69 Å². The number of halogens is 2. The highest BCUT2D eigenvalue weighted by molar-refractivity contribution is 5.97. The van der Waals surface area contributed by atoms with Crippen molar-refractivity contribution in [1.82, 2.24) is 10.2 Å². The first-order valence-electron chi connectivity index (χ1n) is 8.62. The molecule has 0 aromatic heterocycles. The van der Waals surface area contributed by atoms with Crippen molar-refractivity contribution in [2.24, 2.45) is 5.73 Å². The molecular formula is C18H32Cl2N4O2. The highest BCUT2D eigenvalue weighted by Crippen LogP contribution is 2.11. The van der Waals surface area contributed by atoms with Crippen molar-refractivity contribution in [3.63, 3.8) is 0 Å². The van der Waals surface area contributed by atoms with Gasteiger partial charge in [0.15, 0.2) is 0 Å². The number of amides is 2. The van der Waals surface area contributed by atoms with E-state index in [2.05, 4.69) is 29.4 Å². The summed E-state index contributed by atoms with van der Waals surface area (Å²) in [5.41, 5.74) is 6.82. The van der Waals surface area contributed by atoms with E-state index >= 15 is 0 Å². The maximum absolute atomic E-state index is 12.2. The van der Waals surface area contributed by atoms with Gasteiger partial charge < -0.3 is 21.3 Å². The zero-order chi connectivity index (χ0) is 17.9. The van der Waals surface area contributed by atoms with Crippen molar-refractivity contribution in [1.29, 1.82) is 0 Å². The number of carbonyl (C=O) groups is 2. The first-order chi connectivity index (χ1) is 11.5. The van der Waals surface area contributed by atoms with Crippen LogP contribution in [0.5, 0.6) is 0 Å². The molecule has 0 aliphatic heterocycles. The molecule has 0 bridgehead atoms. The van der Waals surface area contributed by atoms with E-state index in [-0.39, 0.29) is 42.7 Å². The molecule has 26 heavy (non-hydrogen) atoms. The van der Waals surface area contributed by atoms with Crippen LogP contribution in [-0.2, 0) is 4.79 Å². The Kier molecular flexibility index (Phi) is 15.3. The second kappa shape index (κ2) is 14.8. The molecule has 1 aromatic carbocycles. The molecule has 0 saturated heterocycles. The van der Waals surface area contributed by atoms with Crippen molar-refractivity contribution in [2.45, 2.75) is 39.7 Å². The van der Waals surface area contributed by atoms with Crippen LogP contribution in [0.2, 0.25) is 0 Å². The van der Waals surface area contributed by atoms with Gasteiger partial charge in [0.05, 0.1) is 0 Å². The van der Waals surface area contributed by atoms with E-state index < -0.39 is 0 Å². The smallest absolute Gasteiger partial charge is 0.251 e. The van der Waals surface area contributed by atoms with Gasteiger partial charge >= 0.3 is 0 Å². The standard InChI is InChI=1S/C18H30N4O2.2ClH/c1-4-22(5-2)12-11-20-18(24)15-7-6-8-16(13-15)21-17(23)10-9-14(3)19;;/h6-8,13-14H,4-5,9-12,19H2,1-3H3,(H,20,24)(H,21,23);2*1H. The average molecular weight is 407 g/mol. The number of hydrogen-bond donors (Lipinski definition) is 3. The van der Waals surface area contributed by atoms with E-state index in [1.165, 1.54) is 0 Å². The van der Waals surface area contributed by atoms with Crippen LogP contribution < -0.4 is 16.4 Å². The third-order valence-corrected chi connectivity index (χ3v) is 3.84. The molecule has 1 rings (SSSR count). The maximum atomic E-state index is 12.2. The fourth-order valence-corrected chi connectivity index (χ4v) is 2.29. The minimum atomic E-state index is -0.131. The summed E-state index contributed by atoms with van der Waals surface area (Å²) in [6.45, 7) is 9.44. The number of nitrogens with zero attached hydrogens (tertiary/aromatic N) is 1. The van der Waals surface area contributed by atoms with Crippen molar-refractivity contribution in [2.75, 3.05) is 31.5 Å². The molecule has 4 N–H and O–H groups in total. The molecule has 1 unspecified atom stereocenters. The summed E-state index contributed by atoms with van der Waals surface area (Å²) in [5.74, 6) is -0.222. The fourth-order valence-electron chi connectivity index (χ4n) is 2.29. The molecule has 0 aliphatic carbocycles. The predicted molar refractivity (Wildman–Crippen MR) is 113 cm³/mol. The molecule has 6 nitrogen and oxygen atoms in total. The van der Waals surface area contributed by atoms with Crippen LogP contribution in [0.15, 0.2) is 24.3 Å². The van der Waals surface area contributed by atoms with E-state index in [1.54, 1.807) is 24.3 Å². The Hall–Kier alpha value is -1.34. The quantitative estimate of drug-likeness (QED) is 0.557. The first-order valence-corrected chi connectivity index (χ1v) is 8.62. The normalized spacial score (nSPS) is 11.1. The molecule has 0 aliphatic rings. The van der Waals surface area contributed by atoms with Gasteiger partial charge in [-0.1, -0.05) is 19.9 Å². The van der Waals surface area contributed by atoms with E-state index in [9.17, 15) is 9.59 Å². The van der Waals surface area contributed by atoms with Crippen LogP contribution in [0.1, 0.15) is 44.0 Å². The summed E-state index contributed by atoms with van der Waals surface area (Å²) in [4.78, 5) is 26.3. The Labute approximate surface area is 169 Å². The zero-order valence-electron chi connectivity index (χ0n) is 15.8. The maximum Gasteiger partial charge on any atom is 0.251 e. The van der Waals surface area contributed by atoms with Crippen LogP contribution in [-0.4, -0.2) is 48.9 Å². The molecule has 150 valence electrons. The Bertz CT molecular complexity index is 538.